The van der Waals surface area contributed by atoms with Gasteiger partial charge in [0.25, 0.3) is 0 Å². The number of ether oxygens (including phenoxy) is 1. The van der Waals surface area contributed by atoms with Gasteiger partial charge in [0, 0.05) is 17.2 Å². The number of hydrogen-bond acceptors (Lipinski definition) is 8. The van der Waals surface area contributed by atoms with Gasteiger partial charge in [-0.25, -0.2) is 0 Å². The Balaban J connectivity index is 1.68. The number of allylic oxidation sites excluding steroid dienone is 2. The first-order valence-electron chi connectivity index (χ1n) is 9.37. The molecule has 2 aliphatic rings. The number of phenolic OH excluding ortho intramolecular Hbond substituents is 3. The van der Waals surface area contributed by atoms with Crippen LogP contribution in [0.4, 0.5) is 0 Å². The highest BCUT2D eigenvalue weighted by Gasteiger charge is 2.36. The number of carbonyl (C=O) groups excluding carboxylic acids is 4. The summed E-state index contributed by atoms with van der Waals surface area (Å²) >= 11 is 0. The third-order valence-electron chi connectivity index (χ3n) is 5.36. The lowest BCUT2D eigenvalue weighted by Gasteiger charge is -2.22. The first-order valence-corrected chi connectivity index (χ1v) is 9.37. The molecule has 3 aromatic carbocycles. The molecular weight excluding hydrogens is 416 g/mol. The number of rotatable bonds is 2. The highest BCUT2D eigenvalue weighted by molar-refractivity contribution is 6.30. The van der Waals surface area contributed by atoms with Crippen molar-refractivity contribution in [3.05, 3.63) is 88.0 Å². The molecule has 5 rings (SSSR count). The fourth-order valence-electron chi connectivity index (χ4n) is 3.90. The molecule has 0 bridgehead atoms. The summed E-state index contributed by atoms with van der Waals surface area (Å²) < 4.78 is 5.61. The fourth-order valence-corrected chi connectivity index (χ4v) is 3.90. The predicted molar refractivity (Wildman–Crippen MR) is 109 cm³/mol. The van der Waals surface area contributed by atoms with Crippen LogP contribution in [0.2, 0.25) is 0 Å². The van der Waals surface area contributed by atoms with Crippen LogP contribution in [0.5, 0.6) is 28.7 Å². The van der Waals surface area contributed by atoms with E-state index in [0.717, 1.165) is 24.3 Å². The second-order valence-corrected chi connectivity index (χ2v) is 7.19. The highest BCUT2D eigenvalue weighted by atomic mass is 16.5. The van der Waals surface area contributed by atoms with Gasteiger partial charge in [0.2, 0.25) is 0 Å². The first kappa shape index (κ1) is 19.3. The van der Waals surface area contributed by atoms with E-state index in [-0.39, 0.29) is 33.6 Å². The molecule has 0 heterocycles. The summed E-state index contributed by atoms with van der Waals surface area (Å²) in [5, 5.41) is 31.3. The lowest BCUT2D eigenvalue weighted by Crippen LogP contribution is -2.21. The normalized spacial score (nSPS) is 14.1. The maximum absolute atomic E-state index is 13.0. The van der Waals surface area contributed by atoms with E-state index < -0.39 is 51.7 Å². The van der Waals surface area contributed by atoms with Crippen molar-refractivity contribution in [2.24, 2.45) is 0 Å². The van der Waals surface area contributed by atoms with Crippen molar-refractivity contribution in [3.8, 4) is 28.7 Å². The van der Waals surface area contributed by atoms with Crippen LogP contribution in [0.1, 0.15) is 52.6 Å². The van der Waals surface area contributed by atoms with Gasteiger partial charge >= 0.3 is 0 Å². The predicted octanol–water partition coefficient (Wildman–Crippen LogP) is 3.31. The smallest absolute Gasteiger partial charge is 0.198 e. The van der Waals surface area contributed by atoms with Crippen molar-refractivity contribution in [1.29, 1.82) is 0 Å². The fraction of sp³-hybridized carbons (Fsp3) is 0. The Labute approximate surface area is 179 Å². The minimum atomic E-state index is -0.711. The monoisotopic (exact) mass is 428 g/mol. The zero-order chi connectivity index (χ0) is 22.7. The number of ketones is 4. The molecule has 32 heavy (non-hydrogen) atoms. The van der Waals surface area contributed by atoms with Crippen LogP contribution >= 0.6 is 0 Å². The Morgan fingerprint density at radius 2 is 1.19 bits per heavy atom. The zero-order valence-electron chi connectivity index (χ0n) is 16.1. The second-order valence-electron chi connectivity index (χ2n) is 7.19. The van der Waals surface area contributed by atoms with Crippen LogP contribution in [0.25, 0.3) is 0 Å². The van der Waals surface area contributed by atoms with Gasteiger partial charge in [0.15, 0.2) is 34.6 Å². The topological polar surface area (TPSA) is 138 Å². The van der Waals surface area contributed by atoms with Crippen molar-refractivity contribution in [2.45, 2.75) is 0 Å². The quantitative estimate of drug-likeness (QED) is 0.414. The van der Waals surface area contributed by atoms with Crippen molar-refractivity contribution >= 4 is 23.1 Å². The summed E-state index contributed by atoms with van der Waals surface area (Å²) in [6.45, 7) is 0. The van der Waals surface area contributed by atoms with Gasteiger partial charge in [-0.2, -0.15) is 0 Å². The highest BCUT2D eigenvalue weighted by Crippen LogP contribution is 2.46. The zero-order valence-corrected chi connectivity index (χ0v) is 16.1. The summed E-state index contributed by atoms with van der Waals surface area (Å²) in [5.41, 5.74) is -1.14. The van der Waals surface area contributed by atoms with E-state index >= 15 is 0 Å². The van der Waals surface area contributed by atoms with Crippen LogP contribution in [0.15, 0.2) is 54.6 Å². The number of phenols is 3. The molecule has 0 saturated heterocycles. The first-order chi connectivity index (χ1) is 15.3. The Morgan fingerprint density at radius 1 is 0.594 bits per heavy atom. The van der Waals surface area contributed by atoms with Gasteiger partial charge in [-0.1, -0.05) is 24.3 Å². The average Bonchev–Trinajstić information content (AvgIpc) is 2.78. The molecule has 0 unspecified atom stereocenters. The molecule has 0 atom stereocenters. The van der Waals surface area contributed by atoms with E-state index in [1.165, 1.54) is 18.2 Å². The van der Waals surface area contributed by atoms with E-state index in [0.29, 0.717) is 0 Å². The standard InChI is InChI=1S/C24H12O8/c25-12-5-6-14(27)19-16(8-7-13(26)18(12)19)32-17-9-15(28)20-21(24(17)31)23(30)11-4-2-1-3-10(11)22(20)29/h1-9,26,28,31H. The van der Waals surface area contributed by atoms with E-state index in [2.05, 4.69) is 0 Å². The summed E-state index contributed by atoms with van der Waals surface area (Å²) in [5.74, 6) is -4.89. The van der Waals surface area contributed by atoms with Gasteiger partial charge in [-0.15, -0.1) is 0 Å². The molecule has 2 aliphatic carbocycles. The van der Waals surface area contributed by atoms with Crippen molar-refractivity contribution in [1.82, 2.24) is 0 Å². The Bertz CT molecular complexity index is 1440. The summed E-state index contributed by atoms with van der Waals surface area (Å²) in [4.78, 5) is 50.3. The maximum Gasteiger partial charge on any atom is 0.198 e. The molecule has 8 nitrogen and oxygen atoms in total. The molecule has 0 aromatic heterocycles. The number of carbonyl (C=O) groups is 4. The molecule has 0 spiro atoms. The van der Waals surface area contributed by atoms with Crippen LogP contribution in [-0.2, 0) is 0 Å². The second kappa shape index (κ2) is 6.64. The van der Waals surface area contributed by atoms with Crippen molar-refractivity contribution < 1.29 is 39.2 Å². The van der Waals surface area contributed by atoms with E-state index in [9.17, 15) is 34.5 Å². The lowest BCUT2D eigenvalue weighted by atomic mass is 9.83. The number of benzene rings is 3. The molecule has 8 heteroatoms. The molecule has 0 saturated carbocycles. The molecule has 0 radical (unpaired) electrons. The van der Waals surface area contributed by atoms with Crippen LogP contribution in [0, 0.1) is 0 Å². The van der Waals surface area contributed by atoms with Crippen LogP contribution < -0.4 is 4.74 Å². The van der Waals surface area contributed by atoms with E-state index in [1.807, 2.05) is 0 Å². The van der Waals surface area contributed by atoms with Crippen molar-refractivity contribution in [2.75, 3.05) is 0 Å². The SMILES string of the molecule is O=C1C=CC(=O)c2c(Oc3cc(O)c4c(c3O)C(=O)c3ccccc3C4=O)ccc(O)c21. The summed E-state index contributed by atoms with van der Waals surface area (Å²) in [6.07, 6.45) is 2.03. The van der Waals surface area contributed by atoms with Crippen LogP contribution in [0.3, 0.4) is 0 Å². The Kier molecular flexibility index (Phi) is 4.00. The Hall–Kier alpha value is -4.72. The largest absolute Gasteiger partial charge is 0.507 e. The molecule has 0 fully saturated rings. The van der Waals surface area contributed by atoms with Gasteiger partial charge in [-0.3, -0.25) is 19.2 Å². The molecule has 3 N–H and O–H groups in total. The molecule has 0 aliphatic heterocycles. The number of fused-ring (bicyclic) bond motifs is 3. The van der Waals surface area contributed by atoms with Crippen LogP contribution in [-0.4, -0.2) is 38.5 Å². The number of hydrogen-bond donors (Lipinski definition) is 3. The maximum atomic E-state index is 13.0. The molecular formula is C24H12O8. The molecule has 0 amide bonds. The van der Waals surface area contributed by atoms with E-state index in [1.54, 1.807) is 12.1 Å². The minimum Gasteiger partial charge on any atom is -0.507 e. The van der Waals surface area contributed by atoms with Crippen molar-refractivity contribution in [3.63, 3.8) is 0 Å². The minimum absolute atomic E-state index is 0.0600. The molecule has 156 valence electrons. The third kappa shape index (κ3) is 2.56. The molecule has 3 aromatic rings. The van der Waals surface area contributed by atoms with E-state index in [4.69, 9.17) is 4.74 Å². The third-order valence-corrected chi connectivity index (χ3v) is 5.36. The number of aromatic hydroxyl groups is 3. The lowest BCUT2D eigenvalue weighted by molar-refractivity contribution is 0.0973. The average molecular weight is 428 g/mol. The van der Waals surface area contributed by atoms with Gasteiger partial charge in [-0.05, 0) is 24.3 Å². The van der Waals surface area contributed by atoms with Gasteiger partial charge in [0.05, 0.1) is 22.3 Å². The summed E-state index contributed by atoms with van der Waals surface area (Å²) in [7, 11) is 0. The van der Waals surface area contributed by atoms with Gasteiger partial charge in [0.1, 0.15) is 17.2 Å². The summed E-state index contributed by atoms with van der Waals surface area (Å²) in [6, 6.07) is 9.29. The Morgan fingerprint density at radius 3 is 1.84 bits per heavy atom. The van der Waals surface area contributed by atoms with Gasteiger partial charge < -0.3 is 20.1 Å².